The van der Waals surface area contributed by atoms with Gasteiger partial charge < -0.3 is 0 Å². The third kappa shape index (κ3) is 2.97. The van der Waals surface area contributed by atoms with Gasteiger partial charge in [-0.15, -0.1) is 0 Å². The number of hydrogen-bond donors (Lipinski definition) is 0. The first-order valence-corrected chi connectivity index (χ1v) is 6.57. The Kier molecular flexibility index (Phi) is 5.08. The summed E-state index contributed by atoms with van der Waals surface area (Å²) in [6.07, 6.45) is 3.89. The number of hydrogen-bond acceptors (Lipinski definition) is 2. The smallest absolute Gasteiger partial charge is 0.114 e. The molecule has 0 radical (unpaired) electrons. The van der Waals surface area contributed by atoms with E-state index in [0.29, 0.717) is 6.04 Å². The van der Waals surface area contributed by atoms with Gasteiger partial charge in [0.15, 0.2) is 0 Å². The Labute approximate surface area is 110 Å². The number of aromatic nitrogens is 3. The summed E-state index contributed by atoms with van der Waals surface area (Å²) in [4.78, 5) is 4.41. The zero-order chi connectivity index (χ0) is 13.7. The number of nitrogens with zero attached hydrogens (tertiary/aromatic N) is 3. The predicted octanol–water partition coefficient (Wildman–Crippen LogP) is 4.17. The fourth-order valence-corrected chi connectivity index (χ4v) is 1.72. The lowest BCUT2D eigenvalue weighted by Gasteiger charge is -2.04. The van der Waals surface area contributed by atoms with Crippen LogP contribution in [0.4, 0.5) is 0 Å². The monoisotopic (exact) mass is 245 g/mol. The van der Waals surface area contributed by atoms with Crippen molar-refractivity contribution in [2.45, 2.75) is 47.6 Å². The van der Waals surface area contributed by atoms with Gasteiger partial charge in [-0.05, 0) is 44.9 Å². The molecule has 0 aliphatic heterocycles. The van der Waals surface area contributed by atoms with E-state index in [2.05, 4.69) is 50.0 Å². The second kappa shape index (κ2) is 6.34. The molecule has 18 heavy (non-hydrogen) atoms. The number of aryl methyl sites for hydroxylation is 2. The fourth-order valence-electron chi connectivity index (χ4n) is 1.72. The molecule has 0 spiro atoms. The van der Waals surface area contributed by atoms with E-state index in [0.717, 1.165) is 11.4 Å². The molecule has 0 N–H and O–H groups in total. The maximum Gasteiger partial charge on any atom is 0.114 e. The molecule has 0 aliphatic carbocycles. The molecule has 2 rings (SSSR count). The summed E-state index contributed by atoms with van der Waals surface area (Å²) in [5.74, 6) is 0. The molecular weight excluding hydrogens is 222 g/mol. The van der Waals surface area contributed by atoms with Crippen molar-refractivity contribution in [3.05, 3.63) is 35.7 Å². The highest BCUT2D eigenvalue weighted by molar-refractivity contribution is 5.61. The van der Waals surface area contributed by atoms with Crippen molar-refractivity contribution in [3.8, 4) is 11.4 Å². The van der Waals surface area contributed by atoms with Crippen LogP contribution in [0.25, 0.3) is 11.4 Å². The van der Waals surface area contributed by atoms with Crippen LogP contribution in [0.5, 0.6) is 0 Å². The lowest BCUT2D eigenvalue weighted by molar-refractivity contribution is 0.533. The normalized spacial score (nSPS) is 10.2. The summed E-state index contributed by atoms with van der Waals surface area (Å²) < 4.78 is 1.98. The minimum Gasteiger partial charge on any atom is -0.269 e. The minimum absolute atomic E-state index is 0.386. The van der Waals surface area contributed by atoms with Crippen molar-refractivity contribution in [2.24, 2.45) is 0 Å². The van der Waals surface area contributed by atoms with Crippen LogP contribution in [0.2, 0.25) is 0 Å². The van der Waals surface area contributed by atoms with E-state index in [9.17, 15) is 0 Å². The first-order chi connectivity index (χ1) is 8.59. The minimum atomic E-state index is 0.386. The van der Waals surface area contributed by atoms with Gasteiger partial charge in [0.05, 0.1) is 5.69 Å². The van der Waals surface area contributed by atoms with E-state index in [1.807, 2.05) is 30.8 Å². The predicted molar refractivity (Wildman–Crippen MR) is 76.7 cm³/mol. The summed E-state index contributed by atoms with van der Waals surface area (Å²) >= 11 is 0. The van der Waals surface area contributed by atoms with Crippen LogP contribution in [0, 0.1) is 13.8 Å². The van der Waals surface area contributed by atoms with Crippen molar-refractivity contribution < 1.29 is 0 Å². The Morgan fingerprint density at radius 3 is 2.22 bits per heavy atom. The van der Waals surface area contributed by atoms with Gasteiger partial charge in [0.25, 0.3) is 0 Å². The van der Waals surface area contributed by atoms with E-state index < -0.39 is 0 Å². The third-order valence-electron chi connectivity index (χ3n) is 2.68. The molecule has 0 saturated carbocycles. The van der Waals surface area contributed by atoms with E-state index in [1.54, 1.807) is 0 Å². The van der Waals surface area contributed by atoms with E-state index in [4.69, 9.17) is 0 Å². The molecule has 3 nitrogen and oxygen atoms in total. The molecule has 0 aromatic carbocycles. The van der Waals surface area contributed by atoms with Gasteiger partial charge in [0.2, 0.25) is 0 Å². The molecule has 2 aromatic rings. The molecule has 0 aliphatic rings. The van der Waals surface area contributed by atoms with Crippen molar-refractivity contribution in [3.63, 3.8) is 0 Å². The van der Waals surface area contributed by atoms with Crippen molar-refractivity contribution in [1.82, 2.24) is 14.8 Å². The molecular formula is C15H23N3. The molecule has 2 aromatic heterocycles. The van der Waals surface area contributed by atoms with Crippen LogP contribution in [0.3, 0.4) is 0 Å². The molecule has 0 fully saturated rings. The Morgan fingerprint density at radius 1 is 1.06 bits per heavy atom. The van der Waals surface area contributed by atoms with E-state index >= 15 is 0 Å². The van der Waals surface area contributed by atoms with Crippen molar-refractivity contribution in [1.29, 1.82) is 0 Å². The molecule has 0 bridgehead atoms. The quantitative estimate of drug-likeness (QED) is 0.795. The lowest BCUT2D eigenvalue weighted by Crippen LogP contribution is -2.01. The van der Waals surface area contributed by atoms with E-state index in [1.165, 1.54) is 11.1 Å². The van der Waals surface area contributed by atoms with Crippen LogP contribution in [0.15, 0.2) is 24.5 Å². The summed E-state index contributed by atoms with van der Waals surface area (Å²) in [7, 11) is 0. The van der Waals surface area contributed by atoms with Crippen LogP contribution in [-0.4, -0.2) is 14.8 Å². The first-order valence-electron chi connectivity index (χ1n) is 6.57. The molecule has 0 atom stereocenters. The Bertz CT molecular complexity index is 498. The second-order valence-electron chi connectivity index (χ2n) is 4.40. The molecule has 0 saturated heterocycles. The van der Waals surface area contributed by atoms with Gasteiger partial charge in [-0.3, -0.25) is 9.67 Å². The number of pyridine rings is 1. The second-order valence-corrected chi connectivity index (χ2v) is 4.40. The highest BCUT2D eigenvalue weighted by Crippen LogP contribution is 2.23. The van der Waals surface area contributed by atoms with Gasteiger partial charge in [-0.25, -0.2) is 0 Å². The average molecular weight is 245 g/mol. The zero-order valence-corrected chi connectivity index (χ0v) is 12.2. The molecule has 3 heteroatoms. The van der Waals surface area contributed by atoms with Gasteiger partial charge in [-0.2, -0.15) is 5.10 Å². The Balaban J connectivity index is 0.000000771. The maximum atomic E-state index is 4.59. The molecule has 98 valence electrons. The summed E-state index contributed by atoms with van der Waals surface area (Å²) in [6, 6.07) is 4.40. The Hall–Kier alpha value is -1.64. The van der Waals surface area contributed by atoms with Crippen LogP contribution in [0.1, 0.15) is 44.9 Å². The van der Waals surface area contributed by atoms with Crippen molar-refractivity contribution in [2.75, 3.05) is 0 Å². The highest BCUT2D eigenvalue weighted by Gasteiger charge is 2.12. The molecule has 0 unspecified atom stereocenters. The van der Waals surface area contributed by atoms with Crippen LogP contribution >= 0.6 is 0 Å². The largest absolute Gasteiger partial charge is 0.269 e. The zero-order valence-electron chi connectivity index (χ0n) is 12.2. The fraction of sp³-hybridized carbons (Fsp3) is 0.467. The molecule has 0 amide bonds. The van der Waals surface area contributed by atoms with Gasteiger partial charge in [0.1, 0.15) is 5.69 Å². The van der Waals surface area contributed by atoms with Gasteiger partial charge in [0, 0.05) is 18.4 Å². The summed E-state index contributed by atoms with van der Waals surface area (Å²) in [5, 5.41) is 4.59. The van der Waals surface area contributed by atoms with E-state index in [-0.39, 0.29) is 0 Å². The summed E-state index contributed by atoms with van der Waals surface area (Å²) in [5.41, 5.74) is 4.32. The lowest BCUT2D eigenvalue weighted by atomic mass is 10.1. The van der Waals surface area contributed by atoms with Gasteiger partial charge >= 0.3 is 0 Å². The SMILES string of the molecule is CC.Cc1cccnc1-c1nn(C(C)C)cc1C. The average Bonchev–Trinajstić information content (AvgIpc) is 2.75. The topological polar surface area (TPSA) is 30.7 Å². The maximum absolute atomic E-state index is 4.59. The third-order valence-corrected chi connectivity index (χ3v) is 2.68. The van der Waals surface area contributed by atoms with Crippen LogP contribution in [-0.2, 0) is 0 Å². The first kappa shape index (κ1) is 14.4. The van der Waals surface area contributed by atoms with Crippen molar-refractivity contribution >= 4 is 0 Å². The van der Waals surface area contributed by atoms with Gasteiger partial charge in [-0.1, -0.05) is 19.9 Å². The molecule has 2 heterocycles. The number of rotatable bonds is 2. The Morgan fingerprint density at radius 2 is 1.72 bits per heavy atom. The summed E-state index contributed by atoms with van der Waals surface area (Å²) in [6.45, 7) is 12.4. The van der Waals surface area contributed by atoms with Crippen LogP contribution < -0.4 is 0 Å². The standard InChI is InChI=1S/C13H17N3.C2H6/c1-9(2)16-8-11(4)13(15-16)12-10(3)6-5-7-14-12;1-2/h5-9H,1-4H3;1-2H3. The highest BCUT2D eigenvalue weighted by atomic mass is 15.3.